The number of halogens is 1. The number of carbonyl (C=O) groups excluding carboxylic acids is 1. The highest BCUT2D eigenvalue weighted by atomic mass is 35.5. The van der Waals surface area contributed by atoms with E-state index in [4.69, 9.17) is 10.5 Å². The maximum absolute atomic E-state index is 12.0. The molecule has 1 saturated heterocycles. The maximum atomic E-state index is 12.0. The number of hydrogen-bond donors (Lipinski definition) is 1. The lowest BCUT2D eigenvalue weighted by Gasteiger charge is -2.16. The molecule has 1 amide bonds. The van der Waals surface area contributed by atoms with Crippen molar-refractivity contribution in [2.24, 2.45) is 11.7 Å². The number of nitrogens with two attached hydrogens (primary N) is 1. The van der Waals surface area contributed by atoms with E-state index in [9.17, 15) is 4.79 Å². The molecule has 0 aromatic heterocycles. The number of nitrogens with zero attached hydrogens (tertiary/aromatic N) is 1. The molecule has 1 fully saturated rings. The molecule has 0 bridgehead atoms. The van der Waals surface area contributed by atoms with E-state index in [0.717, 1.165) is 30.8 Å². The summed E-state index contributed by atoms with van der Waals surface area (Å²) in [4.78, 5) is 13.9. The number of hydrogen-bond acceptors (Lipinski definition) is 3. The van der Waals surface area contributed by atoms with Crippen LogP contribution in [0.15, 0.2) is 24.3 Å². The minimum Gasteiger partial charge on any atom is -0.493 e. The monoisotopic (exact) mass is 298 g/mol. The first-order valence-corrected chi connectivity index (χ1v) is 6.86. The summed E-state index contributed by atoms with van der Waals surface area (Å²) in [5, 5.41) is 0. The molecule has 2 N–H and O–H groups in total. The van der Waals surface area contributed by atoms with Gasteiger partial charge in [0.1, 0.15) is 5.75 Å². The number of ether oxygens (including phenoxy) is 1. The topological polar surface area (TPSA) is 55.6 Å². The van der Waals surface area contributed by atoms with Crippen molar-refractivity contribution in [3.05, 3.63) is 29.8 Å². The third kappa shape index (κ3) is 4.69. The second-order valence-electron chi connectivity index (χ2n) is 5.15. The van der Waals surface area contributed by atoms with E-state index in [-0.39, 0.29) is 18.3 Å². The van der Waals surface area contributed by atoms with Crippen molar-refractivity contribution in [3.8, 4) is 5.75 Å². The Labute approximate surface area is 126 Å². The zero-order valence-electron chi connectivity index (χ0n) is 11.9. The van der Waals surface area contributed by atoms with Gasteiger partial charge in [-0.25, -0.2) is 0 Å². The molecule has 5 heteroatoms. The molecule has 0 saturated carbocycles. The predicted molar refractivity (Wildman–Crippen MR) is 82.3 cm³/mol. The molecule has 1 aromatic rings. The summed E-state index contributed by atoms with van der Waals surface area (Å²) in [5.41, 5.74) is 6.79. The lowest BCUT2D eigenvalue weighted by Crippen LogP contribution is -2.30. The Hall–Kier alpha value is -1.26. The van der Waals surface area contributed by atoms with Crippen LogP contribution in [0.1, 0.15) is 18.4 Å². The molecule has 20 heavy (non-hydrogen) atoms. The zero-order chi connectivity index (χ0) is 13.7. The minimum atomic E-state index is 0. The summed E-state index contributed by atoms with van der Waals surface area (Å²) in [6.45, 7) is 4.77. The van der Waals surface area contributed by atoms with Gasteiger partial charge in [0.2, 0.25) is 5.91 Å². The SMILES string of the molecule is Cc1cccc(OCCC(=O)N2CCC(CN)C2)c1.Cl. The van der Waals surface area contributed by atoms with E-state index < -0.39 is 0 Å². The number of rotatable bonds is 5. The Balaban J connectivity index is 0.00000200. The van der Waals surface area contributed by atoms with Crippen LogP contribution in [-0.2, 0) is 4.79 Å². The van der Waals surface area contributed by atoms with Crippen molar-refractivity contribution < 1.29 is 9.53 Å². The first-order chi connectivity index (χ1) is 9.19. The van der Waals surface area contributed by atoms with Crippen LogP contribution in [0.25, 0.3) is 0 Å². The minimum absolute atomic E-state index is 0. The van der Waals surface area contributed by atoms with Gasteiger partial charge in [0.25, 0.3) is 0 Å². The summed E-state index contributed by atoms with van der Waals surface area (Å²) in [7, 11) is 0. The van der Waals surface area contributed by atoms with Crippen LogP contribution in [-0.4, -0.2) is 37.0 Å². The van der Waals surface area contributed by atoms with Gasteiger partial charge in [-0.1, -0.05) is 12.1 Å². The quantitative estimate of drug-likeness (QED) is 0.904. The molecule has 1 atom stereocenters. The van der Waals surface area contributed by atoms with Gasteiger partial charge in [-0.2, -0.15) is 0 Å². The van der Waals surface area contributed by atoms with Crippen molar-refractivity contribution in [3.63, 3.8) is 0 Å². The fraction of sp³-hybridized carbons (Fsp3) is 0.533. The predicted octanol–water partition coefficient (Wildman–Crippen LogP) is 1.99. The number of likely N-dealkylation sites (tertiary alicyclic amines) is 1. The van der Waals surface area contributed by atoms with Gasteiger partial charge < -0.3 is 15.4 Å². The first-order valence-electron chi connectivity index (χ1n) is 6.86. The third-order valence-corrected chi connectivity index (χ3v) is 3.55. The second kappa shape index (κ2) is 8.12. The van der Waals surface area contributed by atoms with Crippen LogP contribution >= 0.6 is 12.4 Å². The summed E-state index contributed by atoms with van der Waals surface area (Å²) in [5.74, 6) is 1.47. The molecular formula is C15H23ClN2O2. The van der Waals surface area contributed by atoms with Crippen molar-refractivity contribution in [1.82, 2.24) is 4.90 Å². The van der Waals surface area contributed by atoms with Crippen LogP contribution in [0.3, 0.4) is 0 Å². The maximum Gasteiger partial charge on any atom is 0.226 e. The largest absolute Gasteiger partial charge is 0.493 e. The Kier molecular flexibility index (Phi) is 6.82. The smallest absolute Gasteiger partial charge is 0.226 e. The summed E-state index contributed by atoms with van der Waals surface area (Å²) in [6, 6.07) is 7.87. The van der Waals surface area contributed by atoms with E-state index in [1.165, 1.54) is 0 Å². The zero-order valence-corrected chi connectivity index (χ0v) is 12.7. The number of aryl methyl sites for hydroxylation is 1. The Morgan fingerprint density at radius 2 is 2.30 bits per heavy atom. The molecule has 1 heterocycles. The van der Waals surface area contributed by atoms with Crippen molar-refractivity contribution in [2.75, 3.05) is 26.2 Å². The highest BCUT2D eigenvalue weighted by molar-refractivity contribution is 5.85. The first kappa shape index (κ1) is 16.8. The van der Waals surface area contributed by atoms with Gasteiger partial charge >= 0.3 is 0 Å². The Morgan fingerprint density at radius 3 is 2.95 bits per heavy atom. The molecule has 0 aliphatic carbocycles. The molecular weight excluding hydrogens is 276 g/mol. The normalized spacial score (nSPS) is 17.7. The van der Waals surface area contributed by atoms with Gasteiger partial charge in [0.15, 0.2) is 0 Å². The lowest BCUT2D eigenvalue weighted by molar-refractivity contribution is -0.130. The molecule has 1 unspecified atom stereocenters. The molecule has 1 aliphatic heterocycles. The molecule has 112 valence electrons. The summed E-state index contributed by atoms with van der Waals surface area (Å²) >= 11 is 0. The molecule has 0 radical (unpaired) electrons. The summed E-state index contributed by atoms with van der Waals surface area (Å²) < 4.78 is 5.60. The van der Waals surface area contributed by atoms with Crippen LogP contribution in [0.2, 0.25) is 0 Å². The van der Waals surface area contributed by atoms with Gasteiger partial charge in [-0.3, -0.25) is 4.79 Å². The van der Waals surface area contributed by atoms with Gasteiger partial charge in [0, 0.05) is 13.1 Å². The highest BCUT2D eigenvalue weighted by Crippen LogP contribution is 2.16. The third-order valence-electron chi connectivity index (χ3n) is 3.55. The Morgan fingerprint density at radius 1 is 1.50 bits per heavy atom. The van der Waals surface area contributed by atoms with Gasteiger partial charge in [0.05, 0.1) is 13.0 Å². The van der Waals surface area contributed by atoms with Crippen LogP contribution in [0.5, 0.6) is 5.75 Å². The van der Waals surface area contributed by atoms with Crippen molar-refractivity contribution in [1.29, 1.82) is 0 Å². The van der Waals surface area contributed by atoms with Gasteiger partial charge in [-0.05, 0) is 43.5 Å². The van der Waals surface area contributed by atoms with E-state index >= 15 is 0 Å². The standard InChI is InChI=1S/C15H22N2O2.ClH/c1-12-3-2-4-14(9-12)19-8-6-15(18)17-7-5-13(10-16)11-17;/h2-4,9,13H,5-8,10-11,16H2,1H3;1H. The van der Waals surface area contributed by atoms with Crippen molar-refractivity contribution in [2.45, 2.75) is 19.8 Å². The highest BCUT2D eigenvalue weighted by Gasteiger charge is 2.24. The van der Waals surface area contributed by atoms with Crippen LogP contribution in [0.4, 0.5) is 0 Å². The average Bonchev–Trinajstić information content (AvgIpc) is 2.87. The lowest BCUT2D eigenvalue weighted by atomic mass is 10.1. The van der Waals surface area contributed by atoms with E-state index in [2.05, 4.69) is 0 Å². The second-order valence-corrected chi connectivity index (χ2v) is 5.15. The van der Waals surface area contributed by atoms with Crippen LogP contribution < -0.4 is 10.5 Å². The average molecular weight is 299 g/mol. The number of benzene rings is 1. The van der Waals surface area contributed by atoms with Crippen LogP contribution in [0, 0.1) is 12.8 Å². The number of carbonyl (C=O) groups is 1. The molecule has 1 aromatic carbocycles. The van der Waals surface area contributed by atoms with Gasteiger partial charge in [-0.15, -0.1) is 12.4 Å². The molecule has 2 rings (SSSR count). The Bertz CT molecular complexity index is 440. The van der Waals surface area contributed by atoms with E-state index in [1.807, 2.05) is 36.1 Å². The van der Waals surface area contributed by atoms with Crippen molar-refractivity contribution >= 4 is 18.3 Å². The van der Waals surface area contributed by atoms with E-state index in [0.29, 0.717) is 25.5 Å². The number of amides is 1. The molecule has 1 aliphatic rings. The summed E-state index contributed by atoms with van der Waals surface area (Å²) in [6.07, 6.45) is 1.46. The molecule has 0 spiro atoms. The fourth-order valence-corrected chi connectivity index (χ4v) is 2.37. The molecule has 4 nitrogen and oxygen atoms in total. The fourth-order valence-electron chi connectivity index (χ4n) is 2.37. The van der Waals surface area contributed by atoms with E-state index in [1.54, 1.807) is 0 Å².